The van der Waals surface area contributed by atoms with Crippen molar-refractivity contribution in [2.75, 3.05) is 13.1 Å². The first-order chi connectivity index (χ1) is 12.0. The molecule has 0 aliphatic carbocycles. The molecule has 1 aromatic heterocycles. The van der Waals surface area contributed by atoms with Crippen LogP contribution in [0.25, 0.3) is 21.8 Å². The molecule has 0 radical (unpaired) electrons. The number of halogens is 2. The Morgan fingerprint density at radius 2 is 1.60 bits per heavy atom. The number of aromatic nitrogens is 1. The smallest absolute Gasteiger partial charge is 0.307 e. The third-order valence-electron chi connectivity index (χ3n) is 4.63. The van der Waals surface area contributed by atoms with Gasteiger partial charge in [-0.25, -0.2) is 4.31 Å². The van der Waals surface area contributed by atoms with Gasteiger partial charge in [-0.3, -0.25) is 0 Å². The zero-order valence-electron chi connectivity index (χ0n) is 13.7. The first kappa shape index (κ1) is 16.8. The minimum absolute atomic E-state index is 0.0862. The number of benzene rings is 2. The van der Waals surface area contributed by atoms with E-state index in [-0.39, 0.29) is 13.0 Å². The Kier molecular flexibility index (Phi) is 4.43. The van der Waals surface area contributed by atoms with E-state index >= 15 is 0 Å². The molecular formula is C19H20F2N2OS. The minimum Gasteiger partial charge on any atom is -0.390 e. The Balaban J connectivity index is 1.59. The van der Waals surface area contributed by atoms with Crippen LogP contribution in [0.3, 0.4) is 0 Å². The molecule has 1 saturated heterocycles. The molecule has 3 aromatic rings. The van der Waals surface area contributed by atoms with Crippen molar-refractivity contribution in [2.45, 2.75) is 30.7 Å². The van der Waals surface area contributed by atoms with Crippen molar-refractivity contribution in [3.05, 3.63) is 48.5 Å². The van der Waals surface area contributed by atoms with Crippen molar-refractivity contribution >= 4 is 33.8 Å². The summed E-state index contributed by atoms with van der Waals surface area (Å²) in [5, 5.41) is 10.1. The number of β-amino-alcohol motifs (C(OH)–C–C–N with tert-alkyl or cyclic N) is 1. The van der Waals surface area contributed by atoms with Crippen LogP contribution >= 0.6 is 11.9 Å². The van der Waals surface area contributed by atoms with Crippen LogP contribution in [-0.4, -0.2) is 38.4 Å². The number of para-hydroxylation sites is 2. The second-order valence-corrected chi connectivity index (χ2v) is 7.82. The zero-order chi connectivity index (χ0) is 17.4. The number of hydrogen-bond acceptors (Lipinski definition) is 3. The first-order valence-corrected chi connectivity index (χ1v) is 9.27. The molecular weight excluding hydrogens is 342 g/mol. The quantitative estimate of drug-likeness (QED) is 0.693. The summed E-state index contributed by atoms with van der Waals surface area (Å²) in [6.07, 6.45) is -0.334. The van der Waals surface area contributed by atoms with Gasteiger partial charge in [0, 0.05) is 41.3 Å². The maximum absolute atomic E-state index is 13.5. The molecule has 0 spiro atoms. The van der Waals surface area contributed by atoms with E-state index in [4.69, 9.17) is 0 Å². The number of aliphatic hydroxyl groups excluding tert-OH is 1. The Morgan fingerprint density at radius 3 is 2.20 bits per heavy atom. The van der Waals surface area contributed by atoms with Crippen molar-refractivity contribution in [2.24, 2.45) is 0 Å². The molecule has 132 valence electrons. The molecule has 0 bridgehead atoms. The van der Waals surface area contributed by atoms with E-state index in [2.05, 4.69) is 16.7 Å². The molecule has 1 fully saturated rings. The summed E-state index contributed by atoms with van der Waals surface area (Å²) >= 11 is 0.568. The Labute approximate surface area is 149 Å². The van der Waals surface area contributed by atoms with Gasteiger partial charge in [0.2, 0.25) is 0 Å². The summed E-state index contributed by atoms with van der Waals surface area (Å²) in [6.45, 7) is 1.21. The predicted octanol–water partition coefficient (Wildman–Crippen LogP) is 4.49. The van der Waals surface area contributed by atoms with Gasteiger partial charge in [0.05, 0.1) is 12.6 Å². The van der Waals surface area contributed by atoms with Crippen LogP contribution in [0.1, 0.15) is 12.8 Å². The van der Waals surface area contributed by atoms with Crippen LogP contribution in [0.5, 0.6) is 0 Å². The van der Waals surface area contributed by atoms with Crippen LogP contribution in [-0.2, 0) is 6.54 Å². The SMILES string of the molecule is OC(CN1CCCC(F)(F)S1)Cn1c2ccccc2c2ccccc21. The largest absolute Gasteiger partial charge is 0.390 e. The lowest BCUT2D eigenvalue weighted by molar-refractivity contribution is 0.0671. The average molecular weight is 362 g/mol. The molecule has 1 aliphatic rings. The Morgan fingerprint density at radius 1 is 1.00 bits per heavy atom. The van der Waals surface area contributed by atoms with Gasteiger partial charge in [-0.05, 0) is 30.5 Å². The second kappa shape index (κ2) is 6.59. The van der Waals surface area contributed by atoms with Gasteiger partial charge < -0.3 is 9.67 Å². The predicted molar refractivity (Wildman–Crippen MR) is 98.8 cm³/mol. The van der Waals surface area contributed by atoms with Gasteiger partial charge in [-0.2, -0.15) is 8.78 Å². The normalized spacial score (nSPS) is 19.5. The standard InChI is InChI=1S/C19H20F2N2OS/c20-19(21)10-5-11-22(25-19)12-14(24)13-23-17-8-3-1-6-15(17)16-7-2-4-9-18(16)23/h1-4,6-9,14,24H,5,10-13H2. The molecule has 1 atom stereocenters. The minimum atomic E-state index is -2.72. The van der Waals surface area contributed by atoms with Crippen LogP contribution in [0.15, 0.2) is 48.5 Å². The van der Waals surface area contributed by atoms with E-state index in [0.29, 0.717) is 31.5 Å². The van der Waals surface area contributed by atoms with E-state index in [1.165, 1.54) is 0 Å². The molecule has 1 aliphatic heterocycles. The summed E-state index contributed by atoms with van der Waals surface area (Å²) in [5.41, 5.74) is 2.11. The molecule has 0 saturated carbocycles. The van der Waals surface area contributed by atoms with Crippen LogP contribution < -0.4 is 0 Å². The number of hydrogen-bond donors (Lipinski definition) is 1. The third kappa shape index (κ3) is 3.38. The summed E-state index contributed by atoms with van der Waals surface area (Å²) in [4.78, 5) is 0. The van der Waals surface area contributed by atoms with Crippen LogP contribution in [0.2, 0.25) is 0 Å². The number of fused-ring (bicyclic) bond motifs is 3. The highest BCUT2D eigenvalue weighted by Crippen LogP contribution is 2.40. The highest BCUT2D eigenvalue weighted by Gasteiger charge is 2.37. The topological polar surface area (TPSA) is 28.4 Å². The van der Waals surface area contributed by atoms with Gasteiger partial charge in [-0.1, -0.05) is 36.4 Å². The molecule has 3 nitrogen and oxygen atoms in total. The van der Waals surface area contributed by atoms with E-state index in [0.717, 1.165) is 21.8 Å². The Bertz CT molecular complexity index is 842. The lowest BCUT2D eigenvalue weighted by Gasteiger charge is -2.32. The lowest BCUT2D eigenvalue weighted by atomic mass is 10.2. The summed E-state index contributed by atoms with van der Waals surface area (Å²) in [6, 6.07) is 16.2. The van der Waals surface area contributed by atoms with Gasteiger partial charge in [-0.15, -0.1) is 0 Å². The number of nitrogens with zero attached hydrogens (tertiary/aromatic N) is 2. The molecule has 0 amide bonds. The van der Waals surface area contributed by atoms with Crippen molar-refractivity contribution < 1.29 is 13.9 Å². The van der Waals surface area contributed by atoms with Crippen molar-refractivity contribution in [1.82, 2.24) is 8.87 Å². The lowest BCUT2D eigenvalue weighted by Crippen LogP contribution is -2.37. The fraction of sp³-hybridized carbons (Fsp3) is 0.368. The molecule has 2 heterocycles. The fourth-order valence-corrected chi connectivity index (χ4v) is 4.65. The summed E-state index contributed by atoms with van der Waals surface area (Å²) in [5.74, 6) is 0. The highest BCUT2D eigenvalue weighted by atomic mass is 32.2. The van der Waals surface area contributed by atoms with Gasteiger partial charge in [0.25, 0.3) is 0 Å². The van der Waals surface area contributed by atoms with Gasteiger partial charge in [0.1, 0.15) is 0 Å². The molecule has 2 aromatic carbocycles. The average Bonchev–Trinajstić information content (AvgIpc) is 2.89. The molecule has 1 unspecified atom stereocenters. The molecule has 4 rings (SSSR count). The monoisotopic (exact) mass is 362 g/mol. The van der Waals surface area contributed by atoms with E-state index < -0.39 is 11.4 Å². The molecule has 1 N–H and O–H groups in total. The van der Waals surface area contributed by atoms with Crippen LogP contribution in [0.4, 0.5) is 8.78 Å². The molecule has 6 heteroatoms. The molecule has 25 heavy (non-hydrogen) atoms. The number of alkyl halides is 2. The zero-order valence-corrected chi connectivity index (χ0v) is 14.6. The van der Waals surface area contributed by atoms with Crippen molar-refractivity contribution in [3.63, 3.8) is 0 Å². The first-order valence-electron chi connectivity index (χ1n) is 8.49. The van der Waals surface area contributed by atoms with Gasteiger partial charge in [0.15, 0.2) is 0 Å². The summed E-state index contributed by atoms with van der Waals surface area (Å²) < 4.78 is 30.8. The summed E-state index contributed by atoms with van der Waals surface area (Å²) in [7, 11) is 0. The number of rotatable bonds is 4. The highest BCUT2D eigenvalue weighted by molar-refractivity contribution is 7.98. The number of aliphatic hydroxyl groups is 1. The van der Waals surface area contributed by atoms with Gasteiger partial charge >= 0.3 is 5.25 Å². The third-order valence-corrected chi connectivity index (χ3v) is 5.69. The maximum Gasteiger partial charge on any atom is 0.307 e. The fourth-order valence-electron chi connectivity index (χ4n) is 3.57. The van der Waals surface area contributed by atoms with Crippen molar-refractivity contribution in [3.8, 4) is 0 Å². The van der Waals surface area contributed by atoms with E-state index in [1.54, 1.807) is 4.31 Å². The second-order valence-electron chi connectivity index (χ2n) is 6.52. The Hall–Kier alpha value is -1.63. The van der Waals surface area contributed by atoms with Crippen LogP contribution in [0, 0.1) is 0 Å². The maximum atomic E-state index is 13.5. The van der Waals surface area contributed by atoms with E-state index in [9.17, 15) is 13.9 Å². The van der Waals surface area contributed by atoms with Crippen molar-refractivity contribution in [1.29, 1.82) is 0 Å². The van der Waals surface area contributed by atoms with E-state index in [1.807, 2.05) is 36.4 Å².